The van der Waals surface area contributed by atoms with Crippen LogP contribution in [0.2, 0.25) is 0 Å². The number of primary amides is 1. The Hall–Kier alpha value is -3.79. The van der Waals surface area contributed by atoms with E-state index >= 15 is 0 Å². The third-order valence-corrected chi connectivity index (χ3v) is 3.91. The van der Waals surface area contributed by atoms with E-state index in [-0.39, 0.29) is 0 Å². The molecule has 1 aromatic heterocycles. The maximum atomic E-state index is 11.4. The van der Waals surface area contributed by atoms with Crippen molar-refractivity contribution in [2.75, 3.05) is 19.5 Å². The van der Waals surface area contributed by atoms with Gasteiger partial charge in [-0.15, -0.1) is 0 Å². The van der Waals surface area contributed by atoms with E-state index in [9.17, 15) is 10.1 Å². The normalized spacial score (nSPS) is 10.2. The molecule has 0 aliphatic heterocycles. The van der Waals surface area contributed by atoms with E-state index in [1.54, 1.807) is 43.5 Å². The summed E-state index contributed by atoms with van der Waals surface area (Å²) in [7, 11) is 3.08. The molecular formula is C19H16N4O3. The Balaban J connectivity index is 2.18. The molecule has 1 amide bonds. The number of benzene rings is 2. The number of nitrogens with zero attached hydrogens (tertiary/aromatic N) is 2. The van der Waals surface area contributed by atoms with Gasteiger partial charge in [0, 0.05) is 28.9 Å². The summed E-state index contributed by atoms with van der Waals surface area (Å²) in [5.74, 6) is 0.532. The Labute approximate surface area is 150 Å². The highest BCUT2D eigenvalue weighted by atomic mass is 16.5. The van der Waals surface area contributed by atoms with Gasteiger partial charge in [0.15, 0.2) is 11.5 Å². The van der Waals surface area contributed by atoms with Crippen molar-refractivity contribution < 1.29 is 14.3 Å². The summed E-state index contributed by atoms with van der Waals surface area (Å²) in [5, 5.41) is 13.3. The predicted octanol–water partition coefficient (Wildman–Crippen LogP) is 2.97. The van der Waals surface area contributed by atoms with E-state index in [0.717, 1.165) is 0 Å². The van der Waals surface area contributed by atoms with Crippen LogP contribution in [0.3, 0.4) is 0 Å². The molecule has 0 saturated heterocycles. The third kappa shape index (κ3) is 3.08. The zero-order valence-corrected chi connectivity index (χ0v) is 14.2. The molecule has 0 saturated carbocycles. The van der Waals surface area contributed by atoms with Crippen LogP contribution in [0.4, 0.5) is 11.4 Å². The van der Waals surface area contributed by atoms with Gasteiger partial charge < -0.3 is 20.5 Å². The highest BCUT2D eigenvalue weighted by molar-refractivity contribution is 5.98. The third-order valence-electron chi connectivity index (χ3n) is 3.91. The molecule has 0 spiro atoms. The van der Waals surface area contributed by atoms with Crippen molar-refractivity contribution in [3.63, 3.8) is 0 Å². The number of pyridine rings is 1. The Morgan fingerprint density at radius 2 is 1.92 bits per heavy atom. The lowest BCUT2D eigenvalue weighted by molar-refractivity contribution is 0.100. The number of aromatic nitrogens is 1. The first-order valence-electron chi connectivity index (χ1n) is 7.69. The smallest absolute Gasteiger partial charge is 0.248 e. The van der Waals surface area contributed by atoms with Crippen LogP contribution in [0.15, 0.2) is 42.6 Å². The lowest BCUT2D eigenvalue weighted by atomic mass is 10.1. The van der Waals surface area contributed by atoms with E-state index in [1.165, 1.54) is 13.3 Å². The van der Waals surface area contributed by atoms with Crippen molar-refractivity contribution >= 4 is 28.2 Å². The summed E-state index contributed by atoms with van der Waals surface area (Å²) in [6.07, 6.45) is 1.48. The largest absolute Gasteiger partial charge is 0.493 e. The van der Waals surface area contributed by atoms with Crippen molar-refractivity contribution in [1.29, 1.82) is 5.26 Å². The fraction of sp³-hybridized carbons (Fsp3) is 0.105. The van der Waals surface area contributed by atoms with Gasteiger partial charge in [-0.25, -0.2) is 0 Å². The maximum Gasteiger partial charge on any atom is 0.248 e. The van der Waals surface area contributed by atoms with Gasteiger partial charge in [0.2, 0.25) is 5.91 Å². The van der Waals surface area contributed by atoms with Crippen molar-refractivity contribution in [1.82, 2.24) is 4.98 Å². The van der Waals surface area contributed by atoms with Gasteiger partial charge in [-0.1, -0.05) is 6.07 Å². The Bertz CT molecular complexity index is 1040. The number of amides is 1. The minimum absolute atomic E-state index is 0.356. The monoisotopic (exact) mass is 348 g/mol. The molecule has 0 atom stereocenters. The van der Waals surface area contributed by atoms with Crippen LogP contribution >= 0.6 is 0 Å². The summed E-state index contributed by atoms with van der Waals surface area (Å²) in [6, 6.07) is 12.3. The van der Waals surface area contributed by atoms with E-state index in [1.807, 2.05) is 0 Å². The van der Waals surface area contributed by atoms with Crippen molar-refractivity contribution in [3.05, 3.63) is 53.7 Å². The molecule has 0 aliphatic rings. The lowest BCUT2D eigenvalue weighted by Gasteiger charge is -2.14. The zero-order chi connectivity index (χ0) is 18.7. The van der Waals surface area contributed by atoms with Crippen LogP contribution in [-0.4, -0.2) is 25.1 Å². The number of nitrogens with two attached hydrogens (primary N) is 1. The molecule has 130 valence electrons. The molecule has 1 heterocycles. The molecule has 0 radical (unpaired) electrons. The molecule has 3 rings (SSSR count). The molecule has 7 nitrogen and oxygen atoms in total. The molecule has 3 aromatic rings. The number of carbonyl (C=O) groups excluding carboxylic acids is 1. The first-order valence-corrected chi connectivity index (χ1v) is 7.69. The quantitative estimate of drug-likeness (QED) is 0.733. The second-order valence-corrected chi connectivity index (χ2v) is 5.45. The first kappa shape index (κ1) is 17.0. The number of fused-ring (bicyclic) bond motifs is 1. The molecule has 0 unspecified atom stereocenters. The SMILES string of the molecule is COc1cc2ncc(C#N)c(Nc3cccc(C(N)=O)c3)c2cc1OC. The fourth-order valence-corrected chi connectivity index (χ4v) is 2.63. The number of ether oxygens (including phenoxy) is 2. The number of nitrogens with one attached hydrogen (secondary N) is 1. The van der Waals surface area contributed by atoms with Gasteiger partial charge in [0.25, 0.3) is 0 Å². The molecule has 26 heavy (non-hydrogen) atoms. The average Bonchev–Trinajstić information content (AvgIpc) is 2.67. The first-order chi connectivity index (χ1) is 12.6. The van der Waals surface area contributed by atoms with Crippen LogP contribution in [0.1, 0.15) is 15.9 Å². The molecule has 3 N–H and O–H groups in total. The summed E-state index contributed by atoms with van der Waals surface area (Å²) in [4.78, 5) is 15.7. The minimum Gasteiger partial charge on any atom is -0.493 e. The minimum atomic E-state index is -0.528. The number of methoxy groups -OCH3 is 2. The Morgan fingerprint density at radius 3 is 2.58 bits per heavy atom. The van der Waals surface area contributed by atoms with Crippen LogP contribution in [-0.2, 0) is 0 Å². The van der Waals surface area contributed by atoms with E-state index in [4.69, 9.17) is 15.2 Å². The number of hydrogen-bond acceptors (Lipinski definition) is 6. The zero-order valence-electron chi connectivity index (χ0n) is 14.2. The van der Waals surface area contributed by atoms with Crippen LogP contribution in [0.25, 0.3) is 10.9 Å². The van der Waals surface area contributed by atoms with Gasteiger partial charge in [-0.05, 0) is 24.3 Å². The fourth-order valence-electron chi connectivity index (χ4n) is 2.63. The maximum absolute atomic E-state index is 11.4. The van der Waals surface area contributed by atoms with Crippen LogP contribution < -0.4 is 20.5 Å². The van der Waals surface area contributed by atoms with Gasteiger partial charge in [-0.3, -0.25) is 9.78 Å². The molecule has 0 aliphatic carbocycles. The number of hydrogen-bond donors (Lipinski definition) is 2. The highest BCUT2D eigenvalue weighted by Crippen LogP contribution is 2.36. The van der Waals surface area contributed by atoms with Gasteiger partial charge in [-0.2, -0.15) is 5.26 Å². The summed E-state index contributed by atoms with van der Waals surface area (Å²) in [6.45, 7) is 0. The number of nitriles is 1. The summed E-state index contributed by atoms with van der Waals surface area (Å²) >= 11 is 0. The standard InChI is InChI=1S/C19H16N4O3/c1-25-16-7-14-15(8-17(16)26-2)22-10-12(9-20)18(14)23-13-5-3-4-11(6-13)19(21)24/h3-8,10H,1-2H3,(H2,21,24)(H,22,23). The van der Waals surface area contributed by atoms with Crippen LogP contribution in [0, 0.1) is 11.3 Å². The number of anilines is 2. The topological polar surface area (TPSA) is 110 Å². The van der Waals surface area contributed by atoms with Crippen LogP contribution in [0.5, 0.6) is 11.5 Å². The Morgan fingerprint density at radius 1 is 1.19 bits per heavy atom. The number of rotatable bonds is 5. The molecule has 7 heteroatoms. The van der Waals surface area contributed by atoms with Crippen molar-refractivity contribution in [2.45, 2.75) is 0 Å². The van der Waals surface area contributed by atoms with E-state index in [2.05, 4.69) is 16.4 Å². The Kier molecular flexibility index (Phi) is 4.58. The molecular weight excluding hydrogens is 332 g/mol. The molecule has 0 bridgehead atoms. The van der Waals surface area contributed by atoms with Gasteiger partial charge >= 0.3 is 0 Å². The second-order valence-electron chi connectivity index (χ2n) is 5.45. The van der Waals surface area contributed by atoms with Gasteiger partial charge in [0.1, 0.15) is 6.07 Å². The van der Waals surface area contributed by atoms with Gasteiger partial charge in [0.05, 0.1) is 31.0 Å². The average molecular weight is 348 g/mol. The predicted molar refractivity (Wildman–Crippen MR) is 97.8 cm³/mol. The number of carbonyl (C=O) groups is 1. The molecule has 0 fully saturated rings. The summed E-state index contributed by atoms with van der Waals surface area (Å²) < 4.78 is 10.6. The lowest BCUT2D eigenvalue weighted by Crippen LogP contribution is -2.11. The van der Waals surface area contributed by atoms with E-state index < -0.39 is 5.91 Å². The van der Waals surface area contributed by atoms with Crippen molar-refractivity contribution in [2.24, 2.45) is 5.73 Å². The molecule has 2 aromatic carbocycles. The highest BCUT2D eigenvalue weighted by Gasteiger charge is 2.14. The second kappa shape index (κ2) is 6.99. The van der Waals surface area contributed by atoms with E-state index in [0.29, 0.717) is 44.9 Å². The van der Waals surface area contributed by atoms with Crippen molar-refractivity contribution in [3.8, 4) is 17.6 Å². The summed E-state index contributed by atoms with van der Waals surface area (Å²) in [5.41, 5.74) is 7.87.